The summed E-state index contributed by atoms with van der Waals surface area (Å²) in [5, 5.41) is 0. The lowest BCUT2D eigenvalue weighted by atomic mass is 9.82. The van der Waals surface area contributed by atoms with Gasteiger partial charge in [-0.1, -0.05) is 33.3 Å². The highest BCUT2D eigenvalue weighted by atomic mass is 14.6. The molecule has 0 heterocycles. The van der Waals surface area contributed by atoms with Crippen LogP contribution in [0.5, 0.6) is 0 Å². The van der Waals surface area contributed by atoms with Crippen molar-refractivity contribution in [2.24, 2.45) is 17.1 Å². The first-order valence-corrected chi connectivity index (χ1v) is 5.60. The third-order valence-corrected chi connectivity index (χ3v) is 2.28. The number of hydrogen-bond acceptors (Lipinski definition) is 1. The molecule has 0 fully saturated rings. The molecule has 0 rings (SSSR count). The standard InChI is InChI=1S/C13H27N/c1-10(2)7-12(14)8-11(3)9-13(4,5)6/h11-12H,1,7-9,14H2,2-6H3. The molecule has 2 unspecified atom stereocenters. The number of rotatable bonds is 5. The molecule has 0 radical (unpaired) electrons. The molecule has 1 nitrogen and oxygen atoms in total. The van der Waals surface area contributed by atoms with E-state index in [0.29, 0.717) is 17.4 Å². The van der Waals surface area contributed by atoms with Gasteiger partial charge in [-0.25, -0.2) is 0 Å². The molecule has 0 saturated heterocycles. The summed E-state index contributed by atoms with van der Waals surface area (Å²) in [4.78, 5) is 0. The van der Waals surface area contributed by atoms with E-state index >= 15 is 0 Å². The molecule has 2 atom stereocenters. The van der Waals surface area contributed by atoms with Crippen LogP contribution >= 0.6 is 0 Å². The van der Waals surface area contributed by atoms with Crippen LogP contribution in [0.4, 0.5) is 0 Å². The van der Waals surface area contributed by atoms with Gasteiger partial charge in [-0.3, -0.25) is 0 Å². The topological polar surface area (TPSA) is 26.0 Å². The Morgan fingerprint density at radius 3 is 2.21 bits per heavy atom. The molecule has 0 aromatic rings. The van der Waals surface area contributed by atoms with Crippen molar-refractivity contribution in [3.63, 3.8) is 0 Å². The van der Waals surface area contributed by atoms with E-state index in [4.69, 9.17) is 5.73 Å². The summed E-state index contributed by atoms with van der Waals surface area (Å²) in [5.41, 5.74) is 7.65. The van der Waals surface area contributed by atoms with Crippen molar-refractivity contribution < 1.29 is 0 Å². The normalized spacial score (nSPS) is 16.4. The van der Waals surface area contributed by atoms with Gasteiger partial charge in [0.2, 0.25) is 0 Å². The monoisotopic (exact) mass is 197 g/mol. The highest BCUT2D eigenvalue weighted by Gasteiger charge is 2.17. The summed E-state index contributed by atoms with van der Waals surface area (Å²) in [7, 11) is 0. The van der Waals surface area contributed by atoms with Crippen molar-refractivity contribution in [3.8, 4) is 0 Å². The molecule has 0 aromatic heterocycles. The molecule has 0 aliphatic rings. The summed E-state index contributed by atoms with van der Waals surface area (Å²) < 4.78 is 0. The number of hydrogen-bond donors (Lipinski definition) is 1. The molecule has 2 N–H and O–H groups in total. The molecule has 0 amide bonds. The van der Waals surface area contributed by atoms with E-state index in [9.17, 15) is 0 Å². The zero-order valence-corrected chi connectivity index (χ0v) is 10.6. The van der Waals surface area contributed by atoms with Gasteiger partial charge in [0.1, 0.15) is 0 Å². The molecule has 0 aromatic carbocycles. The van der Waals surface area contributed by atoms with E-state index in [1.165, 1.54) is 12.0 Å². The molecule has 0 bridgehead atoms. The van der Waals surface area contributed by atoms with Gasteiger partial charge in [0.15, 0.2) is 0 Å². The third kappa shape index (κ3) is 8.31. The molecule has 0 spiro atoms. The summed E-state index contributed by atoms with van der Waals surface area (Å²) in [5.74, 6) is 0.712. The van der Waals surface area contributed by atoms with E-state index in [1.807, 2.05) is 6.92 Å². The largest absolute Gasteiger partial charge is 0.327 e. The Balaban J connectivity index is 3.82. The van der Waals surface area contributed by atoms with Gasteiger partial charge in [0.25, 0.3) is 0 Å². The van der Waals surface area contributed by atoms with Crippen LogP contribution in [-0.2, 0) is 0 Å². The van der Waals surface area contributed by atoms with E-state index < -0.39 is 0 Å². The lowest BCUT2D eigenvalue weighted by molar-refractivity contribution is 0.285. The van der Waals surface area contributed by atoms with Crippen molar-refractivity contribution >= 4 is 0 Å². The van der Waals surface area contributed by atoms with Crippen LogP contribution in [-0.4, -0.2) is 6.04 Å². The quantitative estimate of drug-likeness (QED) is 0.668. The maximum absolute atomic E-state index is 6.03. The molecule has 0 aliphatic carbocycles. The van der Waals surface area contributed by atoms with Gasteiger partial charge in [0.05, 0.1) is 0 Å². The molecule has 0 aliphatic heterocycles. The first-order chi connectivity index (χ1) is 6.20. The van der Waals surface area contributed by atoms with Crippen LogP contribution in [0, 0.1) is 11.3 Å². The van der Waals surface area contributed by atoms with Crippen molar-refractivity contribution in [1.29, 1.82) is 0 Å². The Labute approximate surface area is 89.8 Å². The zero-order chi connectivity index (χ0) is 11.4. The summed E-state index contributed by atoms with van der Waals surface area (Å²) in [6.07, 6.45) is 3.33. The second kappa shape index (κ2) is 5.55. The van der Waals surface area contributed by atoms with Crippen LogP contribution in [0.2, 0.25) is 0 Å². The Morgan fingerprint density at radius 2 is 1.86 bits per heavy atom. The first kappa shape index (κ1) is 13.7. The molecule has 14 heavy (non-hydrogen) atoms. The average Bonchev–Trinajstić information content (AvgIpc) is 1.77. The zero-order valence-electron chi connectivity index (χ0n) is 10.6. The highest BCUT2D eigenvalue weighted by Crippen LogP contribution is 2.27. The highest BCUT2D eigenvalue weighted by molar-refractivity contribution is 4.92. The van der Waals surface area contributed by atoms with E-state index in [1.54, 1.807) is 0 Å². The minimum absolute atomic E-state index is 0.296. The van der Waals surface area contributed by atoms with E-state index in [-0.39, 0.29) is 0 Å². The SMILES string of the molecule is C=C(C)CC(N)CC(C)CC(C)(C)C. The predicted octanol–water partition coefficient (Wildman–Crippen LogP) is 3.74. The van der Waals surface area contributed by atoms with Crippen LogP contribution in [0.1, 0.15) is 53.9 Å². The summed E-state index contributed by atoms with van der Waals surface area (Å²) in [6, 6.07) is 0.296. The molecule has 84 valence electrons. The van der Waals surface area contributed by atoms with Crippen LogP contribution in [0.15, 0.2) is 12.2 Å². The van der Waals surface area contributed by atoms with Crippen LogP contribution in [0.3, 0.4) is 0 Å². The van der Waals surface area contributed by atoms with Crippen molar-refractivity contribution in [1.82, 2.24) is 0 Å². The average molecular weight is 197 g/mol. The Morgan fingerprint density at radius 1 is 1.36 bits per heavy atom. The molecule has 0 saturated carbocycles. The van der Waals surface area contributed by atoms with Crippen LogP contribution < -0.4 is 5.73 Å². The lowest BCUT2D eigenvalue weighted by Crippen LogP contribution is -2.24. The van der Waals surface area contributed by atoms with E-state index in [2.05, 4.69) is 34.3 Å². The Kier molecular flexibility index (Phi) is 5.43. The second-order valence-electron chi connectivity index (χ2n) is 6.03. The fourth-order valence-electron chi connectivity index (χ4n) is 2.18. The summed E-state index contributed by atoms with van der Waals surface area (Å²) in [6.45, 7) is 15.1. The fourth-order valence-corrected chi connectivity index (χ4v) is 2.18. The predicted molar refractivity (Wildman–Crippen MR) is 65.3 cm³/mol. The van der Waals surface area contributed by atoms with Crippen molar-refractivity contribution in [3.05, 3.63) is 12.2 Å². The Hall–Kier alpha value is -0.300. The Bertz CT molecular complexity index is 176. The van der Waals surface area contributed by atoms with Crippen molar-refractivity contribution in [2.45, 2.75) is 59.9 Å². The van der Waals surface area contributed by atoms with Gasteiger partial charge in [-0.05, 0) is 37.5 Å². The maximum Gasteiger partial charge on any atom is 0.00784 e. The molecular formula is C13H27N. The molecule has 1 heteroatoms. The van der Waals surface area contributed by atoms with Crippen LogP contribution in [0.25, 0.3) is 0 Å². The van der Waals surface area contributed by atoms with Gasteiger partial charge in [0, 0.05) is 6.04 Å². The third-order valence-electron chi connectivity index (χ3n) is 2.28. The smallest absolute Gasteiger partial charge is 0.00784 e. The minimum atomic E-state index is 0.296. The molecular weight excluding hydrogens is 170 g/mol. The number of nitrogens with two attached hydrogens (primary N) is 1. The first-order valence-electron chi connectivity index (χ1n) is 5.60. The minimum Gasteiger partial charge on any atom is -0.327 e. The fraction of sp³-hybridized carbons (Fsp3) is 0.846. The van der Waals surface area contributed by atoms with Crippen molar-refractivity contribution in [2.75, 3.05) is 0 Å². The second-order valence-corrected chi connectivity index (χ2v) is 6.03. The summed E-state index contributed by atoms with van der Waals surface area (Å²) >= 11 is 0. The van der Waals surface area contributed by atoms with Gasteiger partial charge >= 0.3 is 0 Å². The van der Waals surface area contributed by atoms with Gasteiger partial charge in [-0.15, -0.1) is 6.58 Å². The van der Waals surface area contributed by atoms with E-state index in [0.717, 1.165) is 12.8 Å². The van der Waals surface area contributed by atoms with Gasteiger partial charge < -0.3 is 5.73 Å². The lowest BCUT2D eigenvalue weighted by Gasteiger charge is -2.25. The van der Waals surface area contributed by atoms with Gasteiger partial charge in [-0.2, -0.15) is 0 Å². The maximum atomic E-state index is 6.03.